The molecule has 1 heterocycles. The molecule has 29 heavy (non-hydrogen) atoms. The van der Waals surface area contributed by atoms with Crippen molar-refractivity contribution in [2.75, 3.05) is 18.4 Å². The second-order valence-corrected chi connectivity index (χ2v) is 9.52. The Morgan fingerprint density at radius 2 is 1.66 bits per heavy atom. The number of nitrogens with zero attached hydrogens (tertiary/aromatic N) is 1. The zero-order valence-electron chi connectivity index (χ0n) is 16.7. The maximum absolute atomic E-state index is 13.0. The molecule has 0 saturated carbocycles. The van der Waals surface area contributed by atoms with Crippen molar-refractivity contribution < 1.29 is 18.0 Å². The summed E-state index contributed by atoms with van der Waals surface area (Å²) in [6, 6.07) is 15.1. The van der Waals surface area contributed by atoms with Gasteiger partial charge >= 0.3 is 0 Å². The van der Waals surface area contributed by atoms with E-state index >= 15 is 0 Å². The Hall–Kier alpha value is -2.51. The van der Waals surface area contributed by atoms with Crippen LogP contribution in [0.1, 0.15) is 37.0 Å². The summed E-state index contributed by atoms with van der Waals surface area (Å²) in [7, 11) is -3.72. The predicted octanol–water partition coefficient (Wildman–Crippen LogP) is 3.56. The van der Waals surface area contributed by atoms with E-state index in [1.165, 1.54) is 16.4 Å². The van der Waals surface area contributed by atoms with E-state index in [-0.39, 0.29) is 34.0 Å². The molecule has 154 valence electrons. The minimum Gasteiger partial charge on any atom is -0.322 e. The number of Topliss-reactive ketones (excluding diaryl/α,β-unsaturated/α-hetero) is 1. The summed E-state index contributed by atoms with van der Waals surface area (Å²) in [5.41, 5.74) is 0.919. The van der Waals surface area contributed by atoms with Crippen molar-refractivity contribution in [1.82, 2.24) is 4.31 Å². The highest BCUT2D eigenvalue weighted by Gasteiger charge is 2.32. The van der Waals surface area contributed by atoms with E-state index in [4.69, 9.17) is 0 Å². The van der Waals surface area contributed by atoms with Gasteiger partial charge in [-0.2, -0.15) is 4.31 Å². The normalized spacial score (nSPS) is 16.0. The lowest BCUT2D eigenvalue weighted by Crippen LogP contribution is -2.41. The molecule has 1 saturated heterocycles. The van der Waals surface area contributed by atoms with E-state index in [0.717, 1.165) is 0 Å². The van der Waals surface area contributed by atoms with Gasteiger partial charge in [0, 0.05) is 36.2 Å². The molecule has 0 aromatic heterocycles. The van der Waals surface area contributed by atoms with Gasteiger partial charge in [-0.05, 0) is 43.2 Å². The molecule has 0 radical (unpaired) electrons. The minimum atomic E-state index is -3.72. The summed E-state index contributed by atoms with van der Waals surface area (Å²) in [6.07, 6.45) is 1.06. The van der Waals surface area contributed by atoms with E-state index < -0.39 is 10.0 Å². The standard InChI is InChI=1S/C22H26N2O4S/c1-16(2)21(25)17-11-13-24(14-12-17)29(27,28)20-10-6-7-18(15-20)22(26)23-19-8-4-3-5-9-19/h3-10,15-17H,11-14H2,1-2H3,(H,23,26). The van der Waals surface area contributed by atoms with Gasteiger partial charge in [-0.1, -0.05) is 38.1 Å². The fourth-order valence-electron chi connectivity index (χ4n) is 3.52. The van der Waals surface area contributed by atoms with Crippen molar-refractivity contribution >= 4 is 27.4 Å². The van der Waals surface area contributed by atoms with Crippen molar-refractivity contribution in [3.05, 3.63) is 60.2 Å². The Bertz CT molecular complexity index is 979. The number of hydrogen-bond donors (Lipinski definition) is 1. The maximum atomic E-state index is 13.0. The minimum absolute atomic E-state index is 0.0389. The summed E-state index contributed by atoms with van der Waals surface area (Å²) >= 11 is 0. The zero-order valence-corrected chi connectivity index (χ0v) is 17.5. The summed E-state index contributed by atoms with van der Waals surface area (Å²) in [4.78, 5) is 24.8. The SMILES string of the molecule is CC(C)C(=O)C1CCN(S(=O)(=O)c2cccc(C(=O)Nc3ccccc3)c2)CC1. The molecular weight excluding hydrogens is 388 g/mol. The molecular formula is C22H26N2O4S. The van der Waals surface area contributed by atoms with Crippen LogP contribution in [0.5, 0.6) is 0 Å². The highest BCUT2D eigenvalue weighted by atomic mass is 32.2. The number of para-hydroxylation sites is 1. The molecule has 3 rings (SSSR count). The van der Waals surface area contributed by atoms with Crippen molar-refractivity contribution in [2.24, 2.45) is 11.8 Å². The first-order chi connectivity index (χ1) is 13.8. The van der Waals surface area contributed by atoms with E-state index in [2.05, 4.69) is 5.32 Å². The van der Waals surface area contributed by atoms with Crippen molar-refractivity contribution in [3.8, 4) is 0 Å². The topological polar surface area (TPSA) is 83.6 Å². The number of nitrogens with one attached hydrogen (secondary N) is 1. The summed E-state index contributed by atoms with van der Waals surface area (Å²) in [5, 5.41) is 2.76. The monoisotopic (exact) mass is 414 g/mol. The summed E-state index contributed by atoms with van der Waals surface area (Å²) in [5.74, 6) is -0.288. The van der Waals surface area contributed by atoms with Crippen LogP contribution >= 0.6 is 0 Å². The Morgan fingerprint density at radius 3 is 2.28 bits per heavy atom. The van der Waals surface area contributed by atoms with E-state index in [1.807, 2.05) is 32.0 Å². The Labute approximate surface area is 172 Å². The molecule has 2 aromatic rings. The first-order valence-corrected chi connectivity index (χ1v) is 11.2. The number of sulfonamides is 1. The number of piperidine rings is 1. The first-order valence-electron chi connectivity index (χ1n) is 9.79. The van der Waals surface area contributed by atoms with E-state index in [1.54, 1.807) is 24.3 Å². The van der Waals surface area contributed by atoms with Crippen LogP contribution in [0.25, 0.3) is 0 Å². The van der Waals surface area contributed by atoms with Crippen LogP contribution < -0.4 is 5.32 Å². The smallest absolute Gasteiger partial charge is 0.255 e. The average molecular weight is 415 g/mol. The van der Waals surface area contributed by atoms with Gasteiger partial charge in [0.05, 0.1) is 4.90 Å². The molecule has 1 aliphatic rings. The number of hydrogen-bond acceptors (Lipinski definition) is 4. The predicted molar refractivity (Wildman–Crippen MR) is 112 cm³/mol. The van der Waals surface area contributed by atoms with Crippen molar-refractivity contribution in [1.29, 1.82) is 0 Å². The van der Waals surface area contributed by atoms with Crippen LogP contribution in [0.3, 0.4) is 0 Å². The molecule has 6 nitrogen and oxygen atoms in total. The number of amides is 1. The lowest BCUT2D eigenvalue weighted by atomic mass is 9.88. The number of ketones is 1. The molecule has 1 fully saturated rings. The van der Waals surface area contributed by atoms with Gasteiger partial charge in [0.2, 0.25) is 10.0 Å². The summed E-state index contributed by atoms with van der Waals surface area (Å²) in [6.45, 7) is 4.37. The van der Waals surface area contributed by atoms with Gasteiger partial charge in [0.1, 0.15) is 5.78 Å². The number of carbonyl (C=O) groups is 2. The van der Waals surface area contributed by atoms with Gasteiger partial charge in [-0.15, -0.1) is 0 Å². The third-order valence-corrected chi connectivity index (χ3v) is 7.09. The van der Waals surface area contributed by atoms with Gasteiger partial charge in [-0.3, -0.25) is 9.59 Å². The third kappa shape index (κ3) is 4.92. The summed E-state index contributed by atoms with van der Waals surface area (Å²) < 4.78 is 27.5. The molecule has 0 bridgehead atoms. The van der Waals surface area contributed by atoms with E-state index in [0.29, 0.717) is 31.6 Å². The number of anilines is 1. The molecule has 1 aliphatic heterocycles. The molecule has 1 N–H and O–H groups in total. The van der Waals surface area contributed by atoms with Crippen LogP contribution in [-0.2, 0) is 14.8 Å². The lowest BCUT2D eigenvalue weighted by Gasteiger charge is -2.31. The molecule has 2 aromatic carbocycles. The van der Waals surface area contributed by atoms with Crippen molar-refractivity contribution in [2.45, 2.75) is 31.6 Å². The van der Waals surface area contributed by atoms with Gasteiger partial charge in [0.15, 0.2) is 0 Å². The number of benzene rings is 2. The van der Waals surface area contributed by atoms with Gasteiger partial charge < -0.3 is 5.32 Å². The second kappa shape index (κ2) is 8.88. The highest BCUT2D eigenvalue weighted by molar-refractivity contribution is 7.89. The molecule has 7 heteroatoms. The fraction of sp³-hybridized carbons (Fsp3) is 0.364. The number of rotatable bonds is 6. The molecule has 1 amide bonds. The van der Waals surface area contributed by atoms with Gasteiger partial charge in [-0.25, -0.2) is 8.42 Å². The second-order valence-electron chi connectivity index (χ2n) is 7.58. The quantitative estimate of drug-likeness (QED) is 0.783. The fourth-order valence-corrected chi connectivity index (χ4v) is 5.04. The van der Waals surface area contributed by atoms with Crippen LogP contribution in [-0.4, -0.2) is 37.5 Å². The van der Waals surface area contributed by atoms with Crippen molar-refractivity contribution in [3.63, 3.8) is 0 Å². The van der Waals surface area contributed by atoms with Gasteiger partial charge in [0.25, 0.3) is 5.91 Å². The molecule has 0 aliphatic carbocycles. The number of carbonyl (C=O) groups excluding carboxylic acids is 2. The highest BCUT2D eigenvalue weighted by Crippen LogP contribution is 2.26. The maximum Gasteiger partial charge on any atom is 0.255 e. The van der Waals surface area contributed by atoms with Crippen LogP contribution in [0, 0.1) is 11.8 Å². The average Bonchev–Trinajstić information content (AvgIpc) is 2.74. The van der Waals surface area contributed by atoms with Crippen LogP contribution in [0.4, 0.5) is 5.69 Å². The molecule has 0 unspecified atom stereocenters. The Kier molecular flexibility index (Phi) is 6.49. The largest absolute Gasteiger partial charge is 0.322 e. The molecule has 0 spiro atoms. The van der Waals surface area contributed by atoms with Crippen LogP contribution in [0.2, 0.25) is 0 Å². The zero-order chi connectivity index (χ0) is 21.0. The lowest BCUT2D eigenvalue weighted by molar-refractivity contribution is -0.126. The van der Waals surface area contributed by atoms with E-state index in [9.17, 15) is 18.0 Å². The first kappa shape index (κ1) is 21.2. The Balaban J connectivity index is 1.72. The third-order valence-electron chi connectivity index (χ3n) is 5.19. The van der Waals surface area contributed by atoms with Crippen LogP contribution in [0.15, 0.2) is 59.5 Å². The molecule has 0 atom stereocenters. The Morgan fingerprint density at radius 1 is 1.00 bits per heavy atom.